The topological polar surface area (TPSA) is 71.1 Å². The van der Waals surface area contributed by atoms with Crippen LogP contribution in [0.3, 0.4) is 0 Å². The summed E-state index contributed by atoms with van der Waals surface area (Å²) in [6.07, 6.45) is 0. The molecule has 0 radical (unpaired) electrons. The molecule has 6 heteroatoms. The number of anilines is 2. The van der Waals surface area contributed by atoms with E-state index in [-0.39, 0.29) is 11.8 Å². The van der Waals surface area contributed by atoms with E-state index in [9.17, 15) is 9.59 Å². The zero-order chi connectivity index (χ0) is 17.8. The highest BCUT2D eigenvalue weighted by molar-refractivity contribution is 7.17. The van der Waals surface area contributed by atoms with E-state index in [0.717, 1.165) is 10.6 Å². The van der Waals surface area contributed by atoms with Crippen molar-refractivity contribution in [2.45, 2.75) is 13.8 Å². The predicted octanol–water partition coefficient (Wildman–Crippen LogP) is 4.33. The monoisotopic (exact) mass is 351 g/mol. The van der Waals surface area contributed by atoms with E-state index in [4.69, 9.17) is 0 Å². The number of amides is 2. The number of nitrogens with one attached hydrogen (secondary N) is 2. The van der Waals surface area contributed by atoms with Crippen LogP contribution in [0.25, 0.3) is 10.6 Å². The lowest BCUT2D eigenvalue weighted by atomic mass is 10.2. The first-order chi connectivity index (χ1) is 12.0. The molecule has 5 nitrogen and oxygen atoms in total. The molecule has 1 heterocycles. The molecular weight excluding hydrogens is 334 g/mol. The van der Waals surface area contributed by atoms with Crippen LogP contribution in [0.5, 0.6) is 0 Å². The molecule has 25 heavy (non-hydrogen) atoms. The summed E-state index contributed by atoms with van der Waals surface area (Å²) in [6, 6.07) is 16.8. The summed E-state index contributed by atoms with van der Waals surface area (Å²) < 4.78 is 0. The molecule has 1 aromatic heterocycles. The highest BCUT2D eigenvalue weighted by atomic mass is 32.1. The van der Waals surface area contributed by atoms with E-state index >= 15 is 0 Å². The van der Waals surface area contributed by atoms with Gasteiger partial charge in [-0.3, -0.25) is 9.59 Å². The molecule has 2 amide bonds. The van der Waals surface area contributed by atoms with Crippen molar-refractivity contribution in [2.24, 2.45) is 0 Å². The zero-order valence-corrected chi connectivity index (χ0v) is 14.7. The molecule has 3 aromatic rings. The molecule has 0 spiro atoms. The predicted molar refractivity (Wildman–Crippen MR) is 101 cm³/mol. The first-order valence-electron chi connectivity index (χ1n) is 7.75. The largest absolute Gasteiger partial charge is 0.326 e. The number of aryl methyl sites for hydroxylation is 1. The molecule has 0 aliphatic carbocycles. The number of carbonyl (C=O) groups excluding carboxylic acids is 2. The summed E-state index contributed by atoms with van der Waals surface area (Å²) >= 11 is 1.36. The number of rotatable bonds is 4. The van der Waals surface area contributed by atoms with Gasteiger partial charge in [0, 0.05) is 23.9 Å². The van der Waals surface area contributed by atoms with Crippen LogP contribution in [0.4, 0.5) is 11.4 Å². The average molecular weight is 351 g/mol. The van der Waals surface area contributed by atoms with Crippen molar-refractivity contribution in [1.82, 2.24) is 4.98 Å². The summed E-state index contributed by atoms with van der Waals surface area (Å²) in [4.78, 5) is 28.8. The summed E-state index contributed by atoms with van der Waals surface area (Å²) in [5.74, 6) is -0.369. The van der Waals surface area contributed by atoms with Crippen LogP contribution in [0.1, 0.15) is 22.3 Å². The molecule has 0 atom stereocenters. The Kier molecular flexibility index (Phi) is 4.90. The van der Waals surface area contributed by atoms with E-state index in [1.165, 1.54) is 18.3 Å². The van der Waals surface area contributed by atoms with Crippen molar-refractivity contribution in [1.29, 1.82) is 0 Å². The Balaban J connectivity index is 1.80. The van der Waals surface area contributed by atoms with Crippen molar-refractivity contribution in [3.63, 3.8) is 0 Å². The fraction of sp³-hybridized carbons (Fsp3) is 0.105. The van der Waals surface area contributed by atoms with Gasteiger partial charge < -0.3 is 10.6 Å². The van der Waals surface area contributed by atoms with E-state index < -0.39 is 0 Å². The summed E-state index contributed by atoms with van der Waals surface area (Å²) in [5, 5.41) is 6.37. The lowest BCUT2D eigenvalue weighted by Gasteiger charge is -2.07. The van der Waals surface area contributed by atoms with Crippen LogP contribution in [-0.2, 0) is 4.79 Å². The lowest BCUT2D eigenvalue weighted by Crippen LogP contribution is -2.12. The minimum atomic E-state index is -0.211. The fourth-order valence-corrected chi connectivity index (χ4v) is 3.34. The second-order valence-electron chi connectivity index (χ2n) is 5.52. The number of thiazole rings is 1. The van der Waals surface area contributed by atoms with Crippen molar-refractivity contribution in [3.8, 4) is 10.6 Å². The van der Waals surface area contributed by atoms with Crippen LogP contribution in [-0.4, -0.2) is 16.8 Å². The third-order valence-electron chi connectivity index (χ3n) is 3.46. The zero-order valence-electron chi connectivity index (χ0n) is 13.9. The lowest BCUT2D eigenvalue weighted by molar-refractivity contribution is -0.114. The van der Waals surface area contributed by atoms with Crippen LogP contribution in [0, 0.1) is 6.92 Å². The van der Waals surface area contributed by atoms with E-state index in [0.29, 0.717) is 21.9 Å². The van der Waals surface area contributed by atoms with Gasteiger partial charge in [0.15, 0.2) is 0 Å². The van der Waals surface area contributed by atoms with Crippen molar-refractivity contribution in [3.05, 3.63) is 65.2 Å². The van der Waals surface area contributed by atoms with Gasteiger partial charge in [-0.05, 0) is 25.1 Å². The first kappa shape index (κ1) is 16.9. The molecule has 0 saturated heterocycles. The Morgan fingerprint density at radius 2 is 1.64 bits per heavy atom. The maximum Gasteiger partial charge on any atom is 0.267 e. The van der Waals surface area contributed by atoms with E-state index in [2.05, 4.69) is 15.6 Å². The standard InChI is InChI=1S/C19H17N3O2S/c1-12-17(25-19(20-12)14-7-4-3-5-8-14)18(24)22-16-10-6-9-15(11-16)21-13(2)23/h3-11H,1-2H3,(H,21,23)(H,22,24). The van der Waals surface area contributed by atoms with E-state index in [1.54, 1.807) is 24.3 Å². The fourth-order valence-electron chi connectivity index (χ4n) is 2.38. The van der Waals surface area contributed by atoms with Gasteiger partial charge in [0.2, 0.25) is 5.91 Å². The maximum atomic E-state index is 12.6. The van der Waals surface area contributed by atoms with Crippen LogP contribution < -0.4 is 10.6 Å². The highest BCUT2D eigenvalue weighted by Gasteiger charge is 2.16. The second kappa shape index (κ2) is 7.27. The third kappa shape index (κ3) is 4.10. The second-order valence-corrected chi connectivity index (χ2v) is 6.51. The number of carbonyl (C=O) groups is 2. The Labute approximate surface area is 149 Å². The minimum absolute atomic E-state index is 0.158. The maximum absolute atomic E-state index is 12.6. The van der Waals surface area contributed by atoms with E-state index in [1.807, 2.05) is 37.3 Å². The average Bonchev–Trinajstić information content (AvgIpc) is 2.97. The van der Waals surface area contributed by atoms with Gasteiger partial charge in [0.25, 0.3) is 5.91 Å². The smallest absolute Gasteiger partial charge is 0.267 e. The molecule has 0 saturated carbocycles. The van der Waals surface area contributed by atoms with Crippen LogP contribution in [0.2, 0.25) is 0 Å². The summed E-state index contributed by atoms with van der Waals surface area (Å²) in [5.41, 5.74) is 2.93. The third-order valence-corrected chi connectivity index (χ3v) is 4.67. The number of aromatic nitrogens is 1. The Morgan fingerprint density at radius 3 is 2.32 bits per heavy atom. The summed E-state index contributed by atoms with van der Waals surface area (Å²) in [7, 11) is 0. The van der Waals surface area contributed by atoms with Crippen molar-refractivity contribution in [2.75, 3.05) is 10.6 Å². The van der Waals surface area contributed by atoms with Crippen LogP contribution >= 0.6 is 11.3 Å². The molecule has 0 bridgehead atoms. The Morgan fingerprint density at radius 1 is 0.960 bits per heavy atom. The SMILES string of the molecule is CC(=O)Nc1cccc(NC(=O)c2sc(-c3ccccc3)nc2C)c1. The number of hydrogen-bond acceptors (Lipinski definition) is 4. The minimum Gasteiger partial charge on any atom is -0.326 e. The molecule has 0 fully saturated rings. The van der Waals surface area contributed by atoms with Gasteiger partial charge in [-0.25, -0.2) is 4.98 Å². The Bertz CT molecular complexity index is 919. The van der Waals surface area contributed by atoms with Gasteiger partial charge in [0.1, 0.15) is 9.88 Å². The van der Waals surface area contributed by atoms with Gasteiger partial charge in [-0.15, -0.1) is 11.3 Å². The molecular formula is C19H17N3O2S. The van der Waals surface area contributed by atoms with Crippen LogP contribution in [0.15, 0.2) is 54.6 Å². The molecule has 0 unspecified atom stereocenters. The van der Waals surface area contributed by atoms with Gasteiger partial charge in [0.05, 0.1) is 5.69 Å². The normalized spacial score (nSPS) is 10.3. The quantitative estimate of drug-likeness (QED) is 0.735. The van der Waals surface area contributed by atoms with Gasteiger partial charge >= 0.3 is 0 Å². The number of benzene rings is 2. The van der Waals surface area contributed by atoms with Gasteiger partial charge in [-0.1, -0.05) is 36.4 Å². The molecule has 2 N–H and O–H groups in total. The first-order valence-corrected chi connectivity index (χ1v) is 8.56. The highest BCUT2D eigenvalue weighted by Crippen LogP contribution is 2.28. The molecule has 0 aliphatic rings. The number of nitrogens with zero attached hydrogens (tertiary/aromatic N) is 1. The van der Waals surface area contributed by atoms with Crippen molar-refractivity contribution < 1.29 is 9.59 Å². The Hall–Kier alpha value is -2.99. The van der Waals surface area contributed by atoms with Crippen molar-refractivity contribution >= 4 is 34.5 Å². The molecule has 126 valence electrons. The molecule has 2 aromatic carbocycles. The molecule has 3 rings (SSSR count). The summed E-state index contributed by atoms with van der Waals surface area (Å²) in [6.45, 7) is 3.27. The number of hydrogen-bond donors (Lipinski definition) is 2. The molecule has 0 aliphatic heterocycles. The van der Waals surface area contributed by atoms with Gasteiger partial charge in [-0.2, -0.15) is 0 Å².